The number of hydrogen-bond acceptors (Lipinski definition) is 1. The summed E-state index contributed by atoms with van der Waals surface area (Å²) in [6, 6.07) is 8.51. The number of rotatable bonds is 6. The standard InChI is InChI=1S/C15H22O/c1-13-8-6-10-15(11-13)9-5-3-4-7-14(2)12-16/h5-6,8-11,14,16H,3-4,7,12H2,1-2H3/b9-5+/t14-/m1/s1. The van der Waals surface area contributed by atoms with Gasteiger partial charge in [0.1, 0.15) is 0 Å². The first-order valence-electron chi connectivity index (χ1n) is 6.06. The molecule has 1 aromatic carbocycles. The number of hydrogen-bond donors (Lipinski definition) is 1. The zero-order chi connectivity index (χ0) is 11.8. The molecule has 0 amide bonds. The van der Waals surface area contributed by atoms with Crippen LogP contribution in [0.15, 0.2) is 30.3 Å². The van der Waals surface area contributed by atoms with E-state index >= 15 is 0 Å². The van der Waals surface area contributed by atoms with Crippen LogP contribution in [0.1, 0.15) is 37.3 Å². The molecule has 0 fully saturated rings. The van der Waals surface area contributed by atoms with E-state index in [4.69, 9.17) is 5.11 Å². The van der Waals surface area contributed by atoms with Gasteiger partial charge >= 0.3 is 0 Å². The Balaban J connectivity index is 2.27. The number of aliphatic hydroxyl groups excluding tert-OH is 1. The first-order chi connectivity index (χ1) is 7.72. The highest BCUT2D eigenvalue weighted by Gasteiger charge is 1.97. The van der Waals surface area contributed by atoms with Crippen molar-refractivity contribution in [1.82, 2.24) is 0 Å². The Morgan fingerprint density at radius 1 is 1.38 bits per heavy atom. The van der Waals surface area contributed by atoms with E-state index in [1.165, 1.54) is 11.1 Å². The molecule has 1 nitrogen and oxygen atoms in total. The van der Waals surface area contributed by atoms with Crippen LogP contribution in [0.3, 0.4) is 0 Å². The predicted molar refractivity (Wildman–Crippen MR) is 70.3 cm³/mol. The summed E-state index contributed by atoms with van der Waals surface area (Å²) in [5.74, 6) is 0.437. The molecule has 0 heterocycles. The lowest BCUT2D eigenvalue weighted by Gasteiger charge is -2.04. The van der Waals surface area contributed by atoms with Crippen molar-refractivity contribution in [3.8, 4) is 0 Å². The number of aliphatic hydroxyl groups is 1. The van der Waals surface area contributed by atoms with Crippen LogP contribution in [0, 0.1) is 12.8 Å². The molecular weight excluding hydrogens is 196 g/mol. The number of benzene rings is 1. The second-order valence-corrected chi connectivity index (χ2v) is 4.54. The minimum absolute atomic E-state index is 0.307. The first-order valence-corrected chi connectivity index (χ1v) is 6.06. The minimum atomic E-state index is 0.307. The monoisotopic (exact) mass is 218 g/mol. The van der Waals surface area contributed by atoms with Crippen molar-refractivity contribution in [2.75, 3.05) is 6.61 Å². The zero-order valence-corrected chi connectivity index (χ0v) is 10.3. The number of allylic oxidation sites excluding steroid dienone is 1. The highest BCUT2D eigenvalue weighted by atomic mass is 16.3. The summed E-state index contributed by atoms with van der Waals surface area (Å²) in [6.07, 6.45) is 7.76. The molecule has 0 saturated carbocycles. The van der Waals surface area contributed by atoms with Gasteiger partial charge < -0.3 is 5.11 Å². The SMILES string of the molecule is Cc1cccc(/C=C/CCC[C@@H](C)CO)c1. The van der Waals surface area contributed by atoms with Gasteiger partial charge in [0.05, 0.1) is 0 Å². The molecule has 0 aliphatic heterocycles. The van der Waals surface area contributed by atoms with Crippen LogP contribution in [0.5, 0.6) is 0 Å². The lowest BCUT2D eigenvalue weighted by molar-refractivity contribution is 0.228. The van der Waals surface area contributed by atoms with Crippen molar-refractivity contribution in [3.05, 3.63) is 41.5 Å². The number of aryl methyl sites for hydroxylation is 1. The third-order valence-corrected chi connectivity index (χ3v) is 2.73. The maximum atomic E-state index is 8.88. The summed E-state index contributed by atoms with van der Waals surface area (Å²) in [5.41, 5.74) is 2.58. The quantitative estimate of drug-likeness (QED) is 0.720. The molecule has 0 unspecified atom stereocenters. The van der Waals surface area contributed by atoms with Crippen LogP contribution in [-0.2, 0) is 0 Å². The smallest absolute Gasteiger partial charge is 0.0456 e. The molecule has 1 atom stereocenters. The Bertz CT molecular complexity index is 328. The largest absolute Gasteiger partial charge is 0.396 e. The van der Waals surface area contributed by atoms with Crippen molar-refractivity contribution >= 4 is 6.08 Å². The van der Waals surface area contributed by atoms with Crippen LogP contribution in [-0.4, -0.2) is 11.7 Å². The molecule has 1 heteroatoms. The maximum Gasteiger partial charge on any atom is 0.0456 e. The molecule has 0 spiro atoms. The molecule has 0 radical (unpaired) electrons. The molecule has 1 rings (SSSR count). The maximum absolute atomic E-state index is 8.88. The Kier molecular flexibility index (Phi) is 5.87. The summed E-state index contributed by atoms with van der Waals surface area (Å²) in [5, 5.41) is 8.88. The Hall–Kier alpha value is -1.08. The lowest BCUT2D eigenvalue weighted by Crippen LogP contribution is -1.99. The highest BCUT2D eigenvalue weighted by molar-refractivity contribution is 5.49. The van der Waals surface area contributed by atoms with Gasteiger partial charge in [0.15, 0.2) is 0 Å². The summed E-state index contributed by atoms with van der Waals surface area (Å²) in [7, 11) is 0. The topological polar surface area (TPSA) is 20.2 Å². The van der Waals surface area contributed by atoms with E-state index < -0.39 is 0 Å². The lowest BCUT2D eigenvalue weighted by atomic mass is 10.0. The molecule has 0 saturated heterocycles. The van der Waals surface area contributed by atoms with E-state index in [0.717, 1.165) is 19.3 Å². The second kappa shape index (κ2) is 7.24. The predicted octanol–water partition coefficient (Wildman–Crippen LogP) is 3.81. The summed E-state index contributed by atoms with van der Waals surface area (Å²) in [4.78, 5) is 0. The zero-order valence-electron chi connectivity index (χ0n) is 10.3. The summed E-state index contributed by atoms with van der Waals surface area (Å²) < 4.78 is 0. The highest BCUT2D eigenvalue weighted by Crippen LogP contribution is 2.10. The van der Waals surface area contributed by atoms with Gasteiger partial charge in [-0.05, 0) is 37.7 Å². The van der Waals surface area contributed by atoms with E-state index in [9.17, 15) is 0 Å². The van der Waals surface area contributed by atoms with Gasteiger partial charge in [-0.1, -0.05) is 48.9 Å². The van der Waals surface area contributed by atoms with Crippen molar-refractivity contribution in [2.45, 2.75) is 33.1 Å². The van der Waals surface area contributed by atoms with Gasteiger partial charge in [0.25, 0.3) is 0 Å². The van der Waals surface area contributed by atoms with Gasteiger partial charge in [-0.3, -0.25) is 0 Å². The van der Waals surface area contributed by atoms with Gasteiger partial charge in [-0.2, -0.15) is 0 Å². The Labute approximate surface area is 98.8 Å². The van der Waals surface area contributed by atoms with Crippen LogP contribution < -0.4 is 0 Å². The van der Waals surface area contributed by atoms with Crippen LogP contribution in [0.2, 0.25) is 0 Å². The second-order valence-electron chi connectivity index (χ2n) is 4.54. The molecule has 1 N–H and O–H groups in total. The molecule has 0 bridgehead atoms. The van der Waals surface area contributed by atoms with Gasteiger partial charge in [-0.15, -0.1) is 0 Å². The fourth-order valence-corrected chi connectivity index (χ4v) is 1.67. The summed E-state index contributed by atoms with van der Waals surface area (Å²) in [6.45, 7) is 4.51. The van der Waals surface area contributed by atoms with Crippen molar-refractivity contribution in [2.24, 2.45) is 5.92 Å². The Morgan fingerprint density at radius 3 is 2.88 bits per heavy atom. The van der Waals surface area contributed by atoms with E-state index in [0.29, 0.717) is 12.5 Å². The summed E-state index contributed by atoms with van der Waals surface area (Å²) >= 11 is 0. The van der Waals surface area contributed by atoms with Gasteiger partial charge in [0, 0.05) is 6.61 Å². The van der Waals surface area contributed by atoms with Gasteiger partial charge in [-0.25, -0.2) is 0 Å². The fraction of sp³-hybridized carbons (Fsp3) is 0.467. The number of unbranched alkanes of at least 4 members (excludes halogenated alkanes) is 1. The fourth-order valence-electron chi connectivity index (χ4n) is 1.67. The molecule has 0 aliphatic rings. The van der Waals surface area contributed by atoms with Crippen molar-refractivity contribution in [1.29, 1.82) is 0 Å². The molecule has 0 aliphatic carbocycles. The van der Waals surface area contributed by atoms with E-state index in [2.05, 4.69) is 50.3 Å². The molecular formula is C15H22O. The molecule has 16 heavy (non-hydrogen) atoms. The molecule has 88 valence electrons. The third kappa shape index (κ3) is 5.13. The van der Waals surface area contributed by atoms with Crippen LogP contribution in [0.4, 0.5) is 0 Å². The Morgan fingerprint density at radius 2 is 2.19 bits per heavy atom. The van der Waals surface area contributed by atoms with Crippen LogP contribution in [0.25, 0.3) is 6.08 Å². The normalized spacial score (nSPS) is 13.2. The molecule has 1 aromatic rings. The average molecular weight is 218 g/mol. The third-order valence-electron chi connectivity index (χ3n) is 2.73. The van der Waals surface area contributed by atoms with E-state index in [1.807, 2.05) is 0 Å². The van der Waals surface area contributed by atoms with Crippen LogP contribution >= 0.6 is 0 Å². The minimum Gasteiger partial charge on any atom is -0.396 e. The van der Waals surface area contributed by atoms with Gasteiger partial charge in [0.2, 0.25) is 0 Å². The average Bonchev–Trinajstić information content (AvgIpc) is 2.28. The van der Waals surface area contributed by atoms with Crippen molar-refractivity contribution < 1.29 is 5.11 Å². The molecule has 0 aromatic heterocycles. The van der Waals surface area contributed by atoms with Crippen molar-refractivity contribution in [3.63, 3.8) is 0 Å². The first kappa shape index (κ1) is 13.0. The van der Waals surface area contributed by atoms with E-state index in [-0.39, 0.29) is 0 Å². The van der Waals surface area contributed by atoms with E-state index in [1.54, 1.807) is 0 Å².